The van der Waals surface area contributed by atoms with E-state index in [4.69, 9.17) is 0 Å². The molecule has 2 heterocycles. The lowest BCUT2D eigenvalue weighted by Crippen LogP contribution is -2.25. The minimum absolute atomic E-state index is 0.0755. The fourth-order valence-corrected chi connectivity index (χ4v) is 3.28. The molecule has 0 atom stereocenters. The van der Waals surface area contributed by atoms with Gasteiger partial charge in [0.25, 0.3) is 5.91 Å². The molecule has 0 aliphatic rings. The summed E-state index contributed by atoms with van der Waals surface area (Å²) in [7, 11) is 1.81. The lowest BCUT2D eigenvalue weighted by Gasteiger charge is -2.13. The normalized spacial score (nSPS) is 11.5. The molecule has 3 rings (SSSR count). The first-order valence-electron chi connectivity index (χ1n) is 8.30. The van der Waals surface area contributed by atoms with E-state index < -0.39 is 0 Å². The smallest absolute Gasteiger partial charge is 0.269 e. The number of aryl methyl sites for hydroxylation is 1. The number of rotatable bonds is 4. The highest BCUT2D eigenvalue weighted by molar-refractivity contribution is 7.13. The van der Waals surface area contributed by atoms with E-state index in [1.165, 1.54) is 10.4 Å². The van der Waals surface area contributed by atoms with Crippen molar-refractivity contribution in [1.82, 2.24) is 15.1 Å². The predicted octanol–water partition coefficient (Wildman–Crippen LogP) is 4.38. The molecule has 0 spiro atoms. The number of hydrogen-bond acceptors (Lipinski definition) is 3. The summed E-state index contributed by atoms with van der Waals surface area (Å²) in [6.07, 6.45) is 0. The van der Waals surface area contributed by atoms with Gasteiger partial charge >= 0.3 is 0 Å². The average molecular weight is 353 g/mol. The third-order valence-corrected chi connectivity index (χ3v) is 5.01. The van der Waals surface area contributed by atoms with Gasteiger partial charge in [0.2, 0.25) is 0 Å². The zero-order valence-corrected chi connectivity index (χ0v) is 15.9. The molecule has 0 radical (unpaired) electrons. The Hall–Kier alpha value is -2.40. The number of benzene rings is 1. The summed E-state index contributed by atoms with van der Waals surface area (Å²) >= 11 is 1.72. The molecule has 0 fully saturated rings. The molecule has 0 saturated carbocycles. The van der Waals surface area contributed by atoms with Crippen molar-refractivity contribution in [3.05, 3.63) is 64.8 Å². The molecule has 5 heteroatoms. The van der Waals surface area contributed by atoms with Crippen molar-refractivity contribution >= 4 is 17.2 Å². The van der Waals surface area contributed by atoms with Gasteiger partial charge in [-0.25, -0.2) is 0 Å². The highest BCUT2D eigenvalue weighted by atomic mass is 32.1. The van der Waals surface area contributed by atoms with Crippen molar-refractivity contribution in [2.24, 2.45) is 7.05 Å². The number of hydrogen-bond donors (Lipinski definition) is 1. The summed E-state index contributed by atoms with van der Waals surface area (Å²) in [5.41, 5.74) is 3.70. The van der Waals surface area contributed by atoms with Gasteiger partial charge < -0.3 is 5.32 Å². The molecule has 3 aromatic rings. The second kappa shape index (κ2) is 6.84. The second-order valence-electron chi connectivity index (χ2n) is 7.15. The molecule has 2 aromatic heterocycles. The van der Waals surface area contributed by atoms with E-state index in [1.807, 2.05) is 12.1 Å². The lowest BCUT2D eigenvalue weighted by atomic mass is 9.92. The van der Waals surface area contributed by atoms with E-state index in [-0.39, 0.29) is 11.3 Å². The standard InChI is InChI=1S/C20H23N3OS/c1-20(2,3)18-12-16(23(4)22-18)19(24)21-13-14-7-9-15(10-8-14)17-6-5-11-25-17/h5-12H,13H2,1-4H3,(H,21,24). The van der Waals surface area contributed by atoms with Gasteiger partial charge in [0.1, 0.15) is 5.69 Å². The van der Waals surface area contributed by atoms with Gasteiger partial charge in [0, 0.05) is 23.9 Å². The summed E-state index contributed by atoms with van der Waals surface area (Å²) in [5.74, 6) is -0.104. The van der Waals surface area contributed by atoms with Gasteiger partial charge in [-0.15, -0.1) is 11.3 Å². The first-order chi connectivity index (χ1) is 11.8. The molecule has 0 unspecified atom stereocenters. The van der Waals surface area contributed by atoms with Crippen LogP contribution in [0.4, 0.5) is 0 Å². The number of thiophene rings is 1. The van der Waals surface area contributed by atoms with E-state index >= 15 is 0 Å². The number of nitrogens with zero attached hydrogens (tertiary/aromatic N) is 2. The first kappa shape index (κ1) is 17.4. The maximum atomic E-state index is 12.5. The Morgan fingerprint density at radius 2 is 1.92 bits per heavy atom. The van der Waals surface area contributed by atoms with Gasteiger partial charge in [-0.2, -0.15) is 5.10 Å². The van der Waals surface area contributed by atoms with Crippen LogP contribution in [0.2, 0.25) is 0 Å². The Bertz CT molecular complexity index is 855. The molecule has 130 valence electrons. The highest BCUT2D eigenvalue weighted by Gasteiger charge is 2.21. The zero-order valence-electron chi connectivity index (χ0n) is 15.0. The molecule has 1 aromatic carbocycles. The van der Waals surface area contributed by atoms with E-state index in [2.05, 4.69) is 66.9 Å². The highest BCUT2D eigenvalue weighted by Crippen LogP contribution is 2.25. The van der Waals surface area contributed by atoms with Gasteiger partial charge in [0.05, 0.1) is 5.69 Å². The molecule has 0 aliphatic carbocycles. The number of carbonyl (C=O) groups is 1. The van der Waals surface area contributed by atoms with Crippen LogP contribution < -0.4 is 5.32 Å². The third-order valence-electron chi connectivity index (χ3n) is 4.09. The number of carbonyl (C=O) groups excluding carboxylic acids is 1. The van der Waals surface area contributed by atoms with Crippen LogP contribution in [0.5, 0.6) is 0 Å². The van der Waals surface area contributed by atoms with Crippen molar-refractivity contribution in [3.63, 3.8) is 0 Å². The van der Waals surface area contributed by atoms with Gasteiger partial charge in [-0.1, -0.05) is 51.1 Å². The van der Waals surface area contributed by atoms with Crippen molar-refractivity contribution in [2.75, 3.05) is 0 Å². The average Bonchev–Trinajstić information content (AvgIpc) is 3.22. The first-order valence-corrected chi connectivity index (χ1v) is 9.18. The SMILES string of the molecule is Cn1nc(C(C)(C)C)cc1C(=O)NCc1ccc(-c2cccs2)cc1. The van der Waals surface area contributed by atoms with Crippen LogP contribution in [0.15, 0.2) is 47.8 Å². The van der Waals surface area contributed by atoms with Crippen molar-refractivity contribution in [3.8, 4) is 10.4 Å². The van der Waals surface area contributed by atoms with Gasteiger partial charge in [-0.05, 0) is 28.6 Å². The summed E-state index contributed by atoms with van der Waals surface area (Å²) in [4.78, 5) is 13.7. The molecule has 0 aliphatic heterocycles. The van der Waals surface area contributed by atoms with E-state index in [1.54, 1.807) is 23.1 Å². The molecular formula is C20H23N3OS. The predicted molar refractivity (Wildman–Crippen MR) is 103 cm³/mol. The molecule has 1 amide bonds. The van der Waals surface area contributed by atoms with E-state index in [0.29, 0.717) is 12.2 Å². The van der Waals surface area contributed by atoms with Crippen LogP contribution in [-0.2, 0) is 19.0 Å². The Balaban J connectivity index is 1.65. The number of nitrogens with one attached hydrogen (secondary N) is 1. The summed E-state index contributed by atoms with van der Waals surface area (Å²) in [5, 5.41) is 9.51. The molecule has 0 saturated heterocycles. The van der Waals surface area contributed by atoms with Crippen LogP contribution in [0.3, 0.4) is 0 Å². The molecule has 1 N–H and O–H groups in total. The molecule has 25 heavy (non-hydrogen) atoms. The largest absolute Gasteiger partial charge is 0.347 e. The fraction of sp³-hybridized carbons (Fsp3) is 0.300. The van der Waals surface area contributed by atoms with Gasteiger partial charge in [-0.3, -0.25) is 9.48 Å². The van der Waals surface area contributed by atoms with Gasteiger partial charge in [0.15, 0.2) is 0 Å². The van der Waals surface area contributed by atoms with Crippen LogP contribution >= 0.6 is 11.3 Å². The zero-order chi connectivity index (χ0) is 18.0. The Kier molecular flexibility index (Phi) is 4.77. The maximum Gasteiger partial charge on any atom is 0.269 e. The quantitative estimate of drug-likeness (QED) is 0.757. The Morgan fingerprint density at radius 1 is 1.20 bits per heavy atom. The molecular weight excluding hydrogens is 330 g/mol. The summed E-state index contributed by atoms with van der Waals surface area (Å²) < 4.78 is 1.65. The fourth-order valence-electron chi connectivity index (χ4n) is 2.55. The number of aromatic nitrogens is 2. The Labute approximate surface area is 152 Å². The van der Waals surface area contributed by atoms with Crippen molar-refractivity contribution in [2.45, 2.75) is 32.7 Å². The van der Waals surface area contributed by atoms with E-state index in [9.17, 15) is 4.79 Å². The van der Waals surface area contributed by atoms with E-state index in [0.717, 1.165) is 11.3 Å². The third kappa shape index (κ3) is 3.99. The molecule has 0 bridgehead atoms. The minimum Gasteiger partial charge on any atom is -0.347 e. The second-order valence-corrected chi connectivity index (χ2v) is 8.09. The maximum absolute atomic E-state index is 12.5. The van der Waals surface area contributed by atoms with Crippen LogP contribution in [0.25, 0.3) is 10.4 Å². The van der Waals surface area contributed by atoms with Crippen LogP contribution in [0, 0.1) is 0 Å². The van der Waals surface area contributed by atoms with Crippen molar-refractivity contribution < 1.29 is 4.79 Å². The summed E-state index contributed by atoms with van der Waals surface area (Å²) in [6.45, 7) is 6.77. The lowest BCUT2D eigenvalue weighted by molar-refractivity contribution is 0.0941. The van der Waals surface area contributed by atoms with Crippen molar-refractivity contribution in [1.29, 1.82) is 0 Å². The van der Waals surface area contributed by atoms with Crippen LogP contribution in [0.1, 0.15) is 42.5 Å². The Morgan fingerprint density at radius 3 is 2.48 bits per heavy atom. The number of amides is 1. The monoisotopic (exact) mass is 353 g/mol. The molecule has 4 nitrogen and oxygen atoms in total. The summed E-state index contributed by atoms with van der Waals surface area (Å²) in [6, 6.07) is 14.3. The topological polar surface area (TPSA) is 46.9 Å². The minimum atomic E-state index is -0.104. The van der Waals surface area contributed by atoms with Crippen LogP contribution in [-0.4, -0.2) is 15.7 Å².